The van der Waals surface area contributed by atoms with E-state index in [1.54, 1.807) is 0 Å². The molecule has 3 nitrogen and oxygen atoms in total. The van der Waals surface area contributed by atoms with Gasteiger partial charge in [0.25, 0.3) is 0 Å². The van der Waals surface area contributed by atoms with Gasteiger partial charge in [-0.1, -0.05) is 32.1 Å². The Kier molecular flexibility index (Phi) is 6.08. The largest absolute Gasteiger partial charge is 0.268 e. The summed E-state index contributed by atoms with van der Waals surface area (Å²) in [6, 6.07) is 7.12. The summed E-state index contributed by atoms with van der Waals surface area (Å²) in [6.45, 7) is 8.71. The van der Waals surface area contributed by atoms with Crippen molar-refractivity contribution in [3.63, 3.8) is 0 Å². The second-order valence-electron chi connectivity index (χ2n) is 7.58. The Balaban J connectivity index is 1.92. The van der Waals surface area contributed by atoms with Crippen molar-refractivity contribution in [1.82, 2.24) is 9.78 Å². The Labute approximate surface area is 157 Å². The van der Waals surface area contributed by atoms with E-state index in [9.17, 15) is 0 Å². The van der Waals surface area contributed by atoms with Crippen molar-refractivity contribution in [1.29, 1.82) is 0 Å². The Hall–Kier alpha value is -2.16. The van der Waals surface area contributed by atoms with Crippen LogP contribution in [0, 0.1) is 5.92 Å². The van der Waals surface area contributed by atoms with Crippen LogP contribution in [0.5, 0.6) is 0 Å². The van der Waals surface area contributed by atoms with Gasteiger partial charge < -0.3 is 0 Å². The third-order valence-corrected chi connectivity index (χ3v) is 5.57. The molecule has 2 aromatic rings. The van der Waals surface area contributed by atoms with E-state index in [1.165, 1.54) is 36.6 Å². The first-order valence-electron chi connectivity index (χ1n) is 9.96. The second kappa shape index (κ2) is 8.48. The van der Waals surface area contributed by atoms with E-state index in [0.717, 1.165) is 29.1 Å². The summed E-state index contributed by atoms with van der Waals surface area (Å²) in [5, 5.41) is 6.13. The maximum atomic E-state index is 4.91. The molecule has 0 unspecified atom stereocenters. The van der Waals surface area contributed by atoms with Crippen LogP contribution in [0.4, 0.5) is 0 Å². The van der Waals surface area contributed by atoms with Gasteiger partial charge in [0.1, 0.15) is 0 Å². The molecule has 1 saturated carbocycles. The van der Waals surface area contributed by atoms with Gasteiger partial charge >= 0.3 is 0 Å². The predicted molar refractivity (Wildman–Crippen MR) is 113 cm³/mol. The van der Waals surface area contributed by atoms with Gasteiger partial charge in [0, 0.05) is 23.4 Å². The maximum Gasteiger partial charge on any atom is 0.0930 e. The van der Waals surface area contributed by atoms with Crippen molar-refractivity contribution in [2.75, 3.05) is 0 Å². The van der Waals surface area contributed by atoms with Crippen LogP contribution in [0.15, 0.2) is 47.1 Å². The first kappa shape index (κ1) is 18.6. The first-order valence-corrected chi connectivity index (χ1v) is 9.96. The monoisotopic (exact) mass is 349 g/mol. The topological polar surface area (TPSA) is 30.2 Å². The van der Waals surface area contributed by atoms with Gasteiger partial charge in [-0.2, -0.15) is 5.10 Å². The minimum atomic E-state index is 0.558. The number of fused-ring (bicyclic) bond motifs is 1. The van der Waals surface area contributed by atoms with Gasteiger partial charge in [-0.05, 0) is 69.6 Å². The number of allylic oxidation sites excluding steroid dienone is 3. The molecule has 1 aromatic carbocycles. The smallest absolute Gasteiger partial charge is 0.0930 e. The summed E-state index contributed by atoms with van der Waals surface area (Å²) in [6.07, 6.45) is 14.2. The molecule has 0 aliphatic heterocycles. The fraction of sp³-hybridized carbons (Fsp3) is 0.478. The molecule has 138 valence electrons. The van der Waals surface area contributed by atoms with Gasteiger partial charge in [-0.25, -0.2) is 0 Å². The number of nitrogens with zero attached hydrogens (tertiary/aromatic N) is 3. The summed E-state index contributed by atoms with van der Waals surface area (Å²) in [7, 11) is 0. The highest BCUT2D eigenvalue weighted by Gasteiger charge is 2.20. The molecule has 26 heavy (non-hydrogen) atoms. The average Bonchev–Trinajstić information content (AvgIpc) is 3.08. The van der Waals surface area contributed by atoms with E-state index >= 15 is 0 Å². The fourth-order valence-corrected chi connectivity index (χ4v) is 3.68. The number of aliphatic imine (C=N–C) groups is 1. The van der Waals surface area contributed by atoms with Crippen molar-refractivity contribution in [3.8, 4) is 0 Å². The molecule has 0 spiro atoms. The molecule has 0 amide bonds. The highest BCUT2D eigenvalue weighted by molar-refractivity contribution is 5.86. The lowest BCUT2D eigenvalue weighted by molar-refractivity contribution is 0.275. The Morgan fingerprint density at radius 2 is 2.04 bits per heavy atom. The molecule has 0 bridgehead atoms. The highest BCUT2D eigenvalue weighted by Crippen LogP contribution is 2.33. The van der Waals surface area contributed by atoms with E-state index in [4.69, 9.17) is 10.1 Å². The van der Waals surface area contributed by atoms with Gasteiger partial charge in [0.05, 0.1) is 17.3 Å². The molecule has 0 atom stereocenters. The SMILES string of the molecule is C/C=C\C=NC(=C(C)CC)c1ccc2cn(C3CCC(C)CC3)nc2c1. The van der Waals surface area contributed by atoms with Crippen LogP contribution in [-0.2, 0) is 0 Å². The first-order chi connectivity index (χ1) is 12.6. The minimum absolute atomic E-state index is 0.558. The molecule has 0 N–H and O–H groups in total. The molecule has 1 aliphatic carbocycles. The standard InChI is InChI=1S/C23H31N3/c1-5-7-14-24-23(18(4)6-2)19-10-11-20-16-26(25-22(20)15-19)21-12-8-17(3)9-13-21/h5,7,10-11,14-17,21H,6,8-9,12-13H2,1-4H3/b7-5-,23-18?,24-14?. The summed E-state index contributed by atoms with van der Waals surface area (Å²) in [4.78, 5) is 4.70. The summed E-state index contributed by atoms with van der Waals surface area (Å²) in [5.41, 5.74) is 4.59. The van der Waals surface area contributed by atoms with Crippen molar-refractivity contribution < 1.29 is 0 Å². The Morgan fingerprint density at radius 1 is 1.27 bits per heavy atom. The lowest BCUT2D eigenvalue weighted by Gasteiger charge is -2.26. The third kappa shape index (κ3) is 4.14. The zero-order valence-electron chi connectivity index (χ0n) is 16.6. The Morgan fingerprint density at radius 3 is 2.73 bits per heavy atom. The van der Waals surface area contributed by atoms with E-state index in [1.807, 2.05) is 25.3 Å². The van der Waals surface area contributed by atoms with Crippen LogP contribution in [0.1, 0.15) is 71.4 Å². The fourth-order valence-electron chi connectivity index (χ4n) is 3.68. The highest BCUT2D eigenvalue weighted by atomic mass is 15.3. The van der Waals surface area contributed by atoms with Gasteiger partial charge in [-0.15, -0.1) is 0 Å². The van der Waals surface area contributed by atoms with Crippen molar-refractivity contribution in [3.05, 3.63) is 47.7 Å². The van der Waals surface area contributed by atoms with Crippen LogP contribution in [0.2, 0.25) is 0 Å². The molecule has 1 aromatic heterocycles. The molecule has 1 heterocycles. The van der Waals surface area contributed by atoms with E-state index < -0.39 is 0 Å². The quantitative estimate of drug-likeness (QED) is 0.561. The number of rotatable bonds is 5. The lowest BCUT2D eigenvalue weighted by atomic mass is 9.87. The minimum Gasteiger partial charge on any atom is -0.268 e. The third-order valence-electron chi connectivity index (χ3n) is 5.57. The predicted octanol–water partition coefficient (Wildman–Crippen LogP) is 6.58. The van der Waals surface area contributed by atoms with Crippen LogP contribution >= 0.6 is 0 Å². The number of benzene rings is 1. The molecular weight excluding hydrogens is 318 g/mol. The van der Waals surface area contributed by atoms with Gasteiger partial charge in [-0.3, -0.25) is 9.67 Å². The maximum absolute atomic E-state index is 4.91. The molecule has 3 heteroatoms. The normalized spacial score (nSPS) is 22.5. The average molecular weight is 350 g/mol. The van der Waals surface area contributed by atoms with Crippen LogP contribution in [-0.4, -0.2) is 16.0 Å². The molecular formula is C23H31N3. The van der Waals surface area contributed by atoms with Gasteiger partial charge in [0.2, 0.25) is 0 Å². The van der Waals surface area contributed by atoms with Crippen molar-refractivity contribution in [2.45, 2.75) is 65.8 Å². The molecule has 1 fully saturated rings. The molecule has 0 radical (unpaired) electrons. The molecule has 3 rings (SSSR count). The summed E-state index contributed by atoms with van der Waals surface area (Å²) >= 11 is 0. The van der Waals surface area contributed by atoms with Crippen LogP contribution < -0.4 is 0 Å². The Bertz CT molecular complexity index is 830. The molecule has 1 aliphatic rings. The number of hydrogen-bond donors (Lipinski definition) is 0. The van der Waals surface area contributed by atoms with Crippen molar-refractivity contribution >= 4 is 22.8 Å². The van der Waals surface area contributed by atoms with Crippen LogP contribution in [0.25, 0.3) is 16.6 Å². The van der Waals surface area contributed by atoms with Crippen LogP contribution in [0.3, 0.4) is 0 Å². The zero-order valence-corrected chi connectivity index (χ0v) is 16.6. The van der Waals surface area contributed by atoms with E-state index in [-0.39, 0.29) is 0 Å². The summed E-state index contributed by atoms with van der Waals surface area (Å²) < 4.78 is 2.21. The number of aromatic nitrogens is 2. The van der Waals surface area contributed by atoms with E-state index in [2.05, 4.69) is 49.8 Å². The zero-order chi connectivity index (χ0) is 18.5. The second-order valence-corrected chi connectivity index (χ2v) is 7.58. The number of hydrogen-bond acceptors (Lipinski definition) is 2. The molecule has 0 saturated heterocycles. The lowest BCUT2D eigenvalue weighted by Crippen LogP contribution is -2.16. The van der Waals surface area contributed by atoms with E-state index in [0.29, 0.717) is 6.04 Å². The van der Waals surface area contributed by atoms with Gasteiger partial charge in [0.15, 0.2) is 0 Å². The summed E-state index contributed by atoms with van der Waals surface area (Å²) in [5.74, 6) is 0.863. The van der Waals surface area contributed by atoms with Crippen molar-refractivity contribution in [2.24, 2.45) is 10.9 Å².